The van der Waals surface area contributed by atoms with Crippen molar-refractivity contribution in [3.63, 3.8) is 0 Å². The van der Waals surface area contributed by atoms with Crippen molar-refractivity contribution in [3.05, 3.63) is 58.8 Å². The zero-order valence-corrected chi connectivity index (χ0v) is 10.6. The van der Waals surface area contributed by atoms with Crippen LogP contribution < -0.4 is 0 Å². The first-order valence-corrected chi connectivity index (χ1v) is 6.54. The highest BCUT2D eigenvalue weighted by Gasteiger charge is 2.06. The number of halogens is 2. The summed E-state index contributed by atoms with van der Waals surface area (Å²) in [4.78, 5) is 1.30. The highest BCUT2D eigenvalue weighted by atomic mass is 79.9. The average Bonchev–Trinajstić information content (AvgIpc) is 2.30. The largest absolute Gasteiger partial charge is 0.249 e. The van der Waals surface area contributed by atoms with Crippen LogP contribution in [0.2, 0.25) is 0 Å². The molecule has 0 spiro atoms. The topological polar surface area (TPSA) is 17.1 Å². The van der Waals surface area contributed by atoms with Crippen molar-refractivity contribution in [1.29, 1.82) is 0 Å². The van der Waals surface area contributed by atoms with Crippen molar-refractivity contribution in [3.8, 4) is 0 Å². The molecule has 0 aliphatic heterocycles. The van der Waals surface area contributed by atoms with E-state index in [0.29, 0.717) is 9.79 Å². The average molecular weight is 299 g/mol. The third kappa shape index (κ3) is 2.57. The molecule has 1 nitrogen and oxygen atoms in total. The Morgan fingerprint density at radius 1 is 0.875 bits per heavy atom. The third-order valence-corrected chi connectivity index (χ3v) is 3.98. The Kier molecular flexibility index (Phi) is 3.51. The third-order valence-electron chi connectivity index (χ3n) is 2.06. The second-order valence-electron chi connectivity index (χ2n) is 3.18. The fourth-order valence-electron chi connectivity index (χ4n) is 1.25. The first kappa shape index (κ1) is 11.5. The van der Waals surface area contributed by atoms with E-state index in [0.717, 1.165) is 4.47 Å². The molecule has 1 unspecified atom stereocenters. The summed E-state index contributed by atoms with van der Waals surface area (Å²) >= 11 is 3.31. The minimum Gasteiger partial charge on any atom is -0.249 e. The summed E-state index contributed by atoms with van der Waals surface area (Å²) in [5.74, 6) is -0.323. The molecular formula is C12H8BrFOS. The maximum absolute atomic E-state index is 12.7. The Hall–Kier alpha value is -1.00. The van der Waals surface area contributed by atoms with Crippen LogP contribution in [-0.2, 0) is 10.8 Å². The van der Waals surface area contributed by atoms with Gasteiger partial charge in [0.05, 0.1) is 10.8 Å². The molecule has 0 aliphatic rings. The van der Waals surface area contributed by atoms with E-state index in [2.05, 4.69) is 15.9 Å². The van der Waals surface area contributed by atoms with E-state index in [-0.39, 0.29) is 5.82 Å². The molecule has 16 heavy (non-hydrogen) atoms. The Morgan fingerprint density at radius 2 is 1.31 bits per heavy atom. The van der Waals surface area contributed by atoms with Gasteiger partial charge in [0.25, 0.3) is 0 Å². The van der Waals surface area contributed by atoms with Gasteiger partial charge in [-0.2, -0.15) is 0 Å². The van der Waals surface area contributed by atoms with E-state index in [4.69, 9.17) is 0 Å². The molecule has 2 aromatic rings. The van der Waals surface area contributed by atoms with Crippen LogP contribution in [0.5, 0.6) is 0 Å². The van der Waals surface area contributed by atoms with Crippen molar-refractivity contribution in [2.24, 2.45) is 0 Å². The van der Waals surface area contributed by atoms with Crippen LogP contribution in [0.1, 0.15) is 0 Å². The van der Waals surface area contributed by atoms with Crippen LogP contribution >= 0.6 is 15.9 Å². The first-order valence-electron chi connectivity index (χ1n) is 4.60. The molecule has 0 amide bonds. The quantitative estimate of drug-likeness (QED) is 0.825. The maximum atomic E-state index is 12.7. The van der Waals surface area contributed by atoms with Crippen LogP contribution in [0.25, 0.3) is 0 Å². The van der Waals surface area contributed by atoms with Crippen molar-refractivity contribution in [1.82, 2.24) is 0 Å². The summed E-state index contributed by atoms with van der Waals surface area (Å²) < 4.78 is 25.7. The fourth-order valence-corrected chi connectivity index (χ4v) is 2.56. The molecular weight excluding hydrogens is 291 g/mol. The van der Waals surface area contributed by atoms with Crippen molar-refractivity contribution >= 4 is 26.7 Å². The van der Waals surface area contributed by atoms with Gasteiger partial charge in [-0.05, 0) is 48.5 Å². The number of hydrogen-bond acceptors (Lipinski definition) is 1. The van der Waals surface area contributed by atoms with Gasteiger partial charge in [0.2, 0.25) is 0 Å². The van der Waals surface area contributed by atoms with E-state index in [1.54, 1.807) is 12.1 Å². The predicted octanol–water partition coefficient (Wildman–Crippen LogP) is 3.75. The van der Waals surface area contributed by atoms with Crippen LogP contribution in [0.3, 0.4) is 0 Å². The smallest absolute Gasteiger partial charge is 0.123 e. The summed E-state index contributed by atoms with van der Waals surface area (Å²) in [7, 11) is -1.25. The van der Waals surface area contributed by atoms with Crippen LogP contribution in [0.15, 0.2) is 62.8 Å². The molecule has 1 atom stereocenters. The van der Waals surface area contributed by atoms with E-state index in [9.17, 15) is 8.60 Å². The Bertz CT molecular complexity index is 460. The first-order chi connectivity index (χ1) is 7.66. The van der Waals surface area contributed by atoms with Gasteiger partial charge in [0, 0.05) is 14.3 Å². The monoisotopic (exact) mass is 298 g/mol. The van der Waals surface area contributed by atoms with Crippen LogP contribution in [0.4, 0.5) is 4.39 Å². The molecule has 0 heterocycles. The molecule has 2 aromatic carbocycles. The summed E-state index contributed by atoms with van der Waals surface area (Å²) in [6, 6.07) is 12.9. The molecule has 4 heteroatoms. The van der Waals surface area contributed by atoms with Crippen LogP contribution in [-0.4, -0.2) is 4.21 Å². The molecule has 0 bridgehead atoms. The molecule has 0 saturated carbocycles. The van der Waals surface area contributed by atoms with E-state index < -0.39 is 10.8 Å². The van der Waals surface area contributed by atoms with Gasteiger partial charge in [-0.1, -0.05) is 15.9 Å². The Labute approximate surface area is 104 Å². The normalized spacial score (nSPS) is 12.4. The van der Waals surface area contributed by atoms with Gasteiger partial charge in [0.1, 0.15) is 5.82 Å². The highest BCUT2D eigenvalue weighted by Crippen LogP contribution is 2.19. The number of rotatable bonds is 2. The summed E-state index contributed by atoms with van der Waals surface area (Å²) in [5, 5.41) is 0. The molecule has 0 saturated heterocycles. The minimum absolute atomic E-state index is 0.323. The summed E-state index contributed by atoms with van der Waals surface area (Å²) in [6.07, 6.45) is 0. The standard InChI is InChI=1S/C12H8BrFOS/c13-9-1-5-11(6-2-9)16(15)12-7-3-10(14)4-8-12/h1-8H. The fraction of sp³-hybridized carbons (Fsp3) is 0. The van der Waals surface area contributed by atoms with Gasteiger partial charge >= 0.3 is 0 Å². The van der Waals surface area contributed by atoms with Gasteiger partial charge in [-0.15, -0.1) is 0 Å². The molecule has 0 radical (unpaired) electrons. The molecule has 82 valence electrons. The molecule has 2 rings (SSSR count). The van der Waals surface area contributed by atoms with E-state index >= 15 is 0 Å². The van der Waals surface area contributed by atoms with Crippen LogP contribution in [0, 0.1) is 5.82 Å². The lowest BCUT2D eigenvalue weighted by molar-refractivity contribution is 0.626. The lowest BCUT2D eigenvalue weighted by Crippen LogP contribution is -1.92. The predicted molar refractivity (Wildman–Crippen MR) is 65.2 cm³/mol. The molecule has 0 aromatic heterocycles. The maximum Gasteiger partial charge on any atom is 0.123 e. The highest BCUT2D eigenvalue weighted by molar-refractivity contribution is 9.10. The zero-order chi connectivity index (χ0) is 11.5. The van der Waals surface area contributed by atoms with E-state index in [1.165, 1.54) is 24.3 Å². The SMILES string of the molecule is O=S(c1ccc(F)cc1)c1ccc(Br)cc1. The summed E-state index contributed by atoms with van der Waals surface area (Å²) in [5.41, 5.74) is 0. The second-order valence-corrected chi connectivity index (χ2v) is 5.57. The van der Waals surface area contributed by atoms with Crippen molar-refractivity contribution in [2.45, 2.75) is 9.79 Å². The second kappa shape index (κ2) is 4.89. The Morgan fingerprint density at radius 3 is 1.81 bits per heavy atom. The lowest BCUT2D eigenvalue weighted by Gasteiger charge is -2.02. The zero-order valence-electron chi connectivity index (χ0n) is 8.19. The van der Waals surface area contributed by atoms with Gasteiger partial charge in [0.15, 0.2) is 0 Å². The number of benzene rings is 2. The summed E-state index contributed by atoms with van der Waals surface area (Å²) in [6.45, 7) is 0. The van der Waals surface area contributed by atoms with Gasteiger partial charge in [-0.3, -0.25) is 0 Å². The van der Waals surface area contributed by atoms with Gasteiger partial charge in [-0.25, -0.2) is 8.60 Å². The molecule has 0 N–H and O–H groups in total. The van der Waals surface area contributed by atoms with Gasteiger partial charge < -0.3 is 0 Å². The number of hydrogen-bond donors (Lipinski definition) is 0. The minimum atomic E-state index is -1.25. The van der Waals surface area contributed by atoms with Crippen molar-refractivity contribution < 1.29 is 8.60 Å². The van der Waals surface area contributed by atoms with Crippen molar-refractivity contribution in [2.75, 3.05) is 0 Å². The Balaban J connectivity index is 2.32. The molecule has 0 fully saturated rings. The van der Waals surface area contributed by atoms with E-state index in [1.807, 2.05) is 12.1 Å². The lowest BCUT2D eigenvalue weighted by atomic mass is 10.3. The molecule has 0 aliphatic carbocycles.